The second-order valence-electron chi connectivity index (χ2n) is 4.04. The molecule has 7 heteroatoms. The number of hydrogen-bond donors (Lipinski definition) is 2. The van der Waals surface area contributed by atoms with Gasteiger partial charge in [0.15, 0.2) is 11.5 Å². The highest BCUT2D eigenvalue weighted by molar-refractivity contribution is 5.84. The van der Waals surface area contributed by atoms with E-state index >= 15 is 0 Å². The molecule has 0 aliphatic rings. The lowest BCUT2D eigenvalue weighted by atomic mass is 10.2. The molecule has 0 aliphatic heterocycles. The monoisotopic (exact) mass is 245 g/mol. The van der Waals surface area contributed by atoms with Gasteiger partial charge in [-0.3, -0.25) is 0 Å². The van der Waals surface area contributed by atoms with Crippen molar-refractivity contribution in [1.82, 2.24) is 19.9 Å². The minimum Gasteiger partial charge on any atom is -0.357 e. The minimum atomic E-state index is 0.0705. The zero-order valence-electron chi connectivity index (χ0n) is 10.6. The SMILES string of the molecule is CNc1nc(N(C)C(C)CC#N)c2[nH]cnc2n1. The summed E-state index contributed by atoms with van der Waals surface area (Å²) in [6, 6.07) is 2.23. The molecule has 18 heavy (non-hydrogen) atoms. The van der Waals surface area contributed by atoms with E-state index in [-0.39, 0.29) is 6.04 Å². The van der Waals surface area contributed by atoms with Crippen LogP contribution in [0.3, 0.4) is 0 Å². The van der Waals surface area contributed by atoms with Gasteiger partial charge in [0, 0.05) is 20.1 Å². The first-order chi connectivity index (χ1) is 8.67. The molecule has 0 saturated carbocycles. The van der Waals surface area contributed by atoms with Crippen LogP contribution < -0.4 is 10.2 Å². The van der Waals surface area contributed by atoms with Gasteiger partial charge in [0.05, 0.1) is 18.8 Å². The average molecular weight is 245 g/mol. The first-order valence-corrected chi connectivity index (χ1v) is 5.66. The van der Waals surface area contributed by atoms with E-state index in [0.717, 1.165) is 11.3 Å². The number of fused-ring (bicyclic) bond motifs is 1. The Morgan fingerprint density at radius 2 is 2.33 bits per heavy atom. The van der Waals surface area contributed by atoms with E-state index in [1.54, 1.807) is 13.4 Å². The summed E-state index contributed by atoms with van der Waals surface area (Å²) in [5.74, 6) is 1.25. The molecule has 0 aromatic carbocycles. The van der Waals surface area contributed by atoms with Crippen LogP contribution in [-0.4, -0.2) is 40.1 Å². The molecule has 0 saturated heterocycles. The van der Waals surface area contributed by atoms with Crippen LogP contribution in [0.15, 0.2) is 6.33 Å². The molecule has 2 aromatic heterocycles. The molecule has 1 atom stereocenters. The molecule has 0 spiro atoms. The van der Waals surface area contributed by atoms with Gasteiger partial charge in [0.2, 0.25) is 5.95 Å². The van der Waals surface area contributed by atoms with Crippen molar-refractivity contribution in [2.75, 3.05) is 24.3 Å². The molecule has 0 radical (unpaired) electrons. The highest BCUT2D eigenvalue weighted by Gasteiger charge is 2.17. The summed E-state index contributed by atoms with van der Waals surface area (Å²) >= 11 is 0. The number of aromatic amines is 1. The molecule has 2 N–H and O–H groups in total. The largest absolute Gasteiger partial charge is 0.357 e. The lowest BCUT2D eigenvalue weighted by Gasteiger charge is -2.24. The normalized spacial score (nSPS) is 12.1. The van der Waals surface area contributed by atoms with E-state index in [0.29, 0.717) is 18.0 Å². The zero-order valence-corrected chi connectivity index (χ0v) is 10.6. The number of aromatic nitrogens is 4. The molecule has 0 bridgehead atoms. The van der Waals surface area contributed by atoms with Gasteiger partial charge in [0.25, 0.3) is 0 Å². The summed E-state index contributed by atoms with van der Waals surface area (Å²) in [6.45, 7) is 1.98. The molecule has 0 aliphatic carbocycles. The predicted molar refractivity (Wildman–Crippen MR) is 69.3 cm³/mol. The predicted octanol–water partition coefficient (Wildman–Crippen LogP) is 1.13. The number of nitriles is 1. The second kappa shape index (κ2) is 4.87. The van der Waals surface area contributed by atoms with Crippen molar-refractivity contribution in [2.45, 2.75) is 19.4 Å². The number of H-pyrrole nitrogens is 1. The van der Waals surface area contributed by atoms with Gasteiger partial charge >= 0.3 is 0 Å². The number of hydrogen-bond acceptors (Lipinski definition) is 6. The van der Waals surface area contributed by atoms with Gasteiger partial charge in [-0.25, -0.2) is 4.98 Å². The summed E-state index contributed by atoms with van der Waals surface area (Å²) in [5.41, 5.74) is 1.39. The number of imidazole rings is 1. The lowest BCUT2D eigenvalue weighted by molar-refractivity contribution is 0.695. The van der Waals surface area contributed by atoms with Crippen molar-refractivity contribution in [3.63, 3.8) is 0 Å². The van der Waals surface area contributed by atoms with Crippen LogP contribution in [0.4, 0.5) is 11.8 Å². The third-order valence-electron chi connectivity index (χ3n) is 2.87. The summed E-state index contributed by atoms with van der Waals surface area (Å²) in [7, 11) is 3.67. The lowest BCUT2D eigenvalue weighted by Crippen LogP contribution is -2.29. The Kier molecular flexibility index (Phi) is 3.28. The van der Waals surface area contributed by atoms with Crippen molar-refractivity contribution >= 4 is 22.9 Å². The highest BCUT2D eigenvalue weighted by atomic mass is 15.2. The van der Waals surface area contributed by atoms with E-state index in [1.165, 1.54) is 0 Å². The van der Waals surface area contributed by atoms with Crippen LogP contribution in [0.25, 0.3) is 11.2 Å². The smallest absolute Gasteiger partial charge is 0.226 e. The van der Waals surface area contributed by atoms with Gasteiger partial charge in [-0.05, 0) is 6.92 Å². The molecule has 1 unspecified atom stereocenters. The fourth-order valence-corrected chi connectivity index (χ4v) is 1.66. The van der Waals surface area contributed by atoms with E-state index < -0.39 is 0 Å². The first kappa shape index (κ1) is 12.1. The molecular formula is C11H15N7. The third kappa shape index (κ3) is 2.05. The molecule has 94 valence electrons. The molecular weight excluding hydrogens is 230 g/mol. The fourth-order valence-electron chi connectivity index (χ4n) is 1.66. The Labute approximate surface area is 105 Å². The second-order valence-corrected chi connectivity index (χ2v) is 4.04. The Balaban J connectivity index is 2.48. The number of nitrogens with zero attached hydrogens (tertiary/aromatic N) is 5. The number of anilines is 2. The van der Waals surface area contributed by atoms with Crippen molar-refractivity contribution < 1.29 is 0 Å². The van der Waals surface area contributed by atoms with Crippen LogP contribution in [-0.2, 0) is 0 Å². The summed E-state index contributed by atoms with van der Waals surface area (Å²) in [6.07, 6.45) is 2.02. The zero-order chi connectivity index (χ0) is 13.1. The Morgan fingerprint density at radius 3 is 3.00 bits per heavy atom. The molecule has 0 amide bonds. The molecule has 2 rings (SSSR count). The summed E-state index contributed by atoms with van der Waals surface area (Å²) in [5, 5.41) is 11.7. The van der Waals surface area contributed by atoms with Crippen LogP contribution in [0, 0.1) is 11.3 Å². The standard InChI is InChI=1S/C11H15N7/c1-7(4-5-12)18(3)10-8-9(15-6-14-8)16-11(13-2)17-10/h6-7H,4H2,1-3H3,(H2,13,14,15,16,17). The van der Waals surface area contributed by atoms with Crippen LogP contribution in [0.1, 0.15) is 13.3 Å². The molecule has 2 heterocycles. The number of rotatable bonds is 4. The summed E-state index contributed by atoms with van der Waals surface area (Å²) in [4.78, 5) is 17.8. The Bertz CT molecular complexity index is 583. The molecule has 0 fully saturated rings. The van der Waals surface area contributed by atoms with E-state index in [1.807, 2.05) is 18.9 Å². The van der Waals surface area contributed by atoms with Gasteiger partial charge < -0.3 is 15.2 Å². The quantitative estimate of drug-likeness (QED) is 0.838. The highest BCUT2D eigenvalue weighted by Crippen LogP contribution is 2.23. The van der Waals surface area contributed by atoms with Crippen molar-refractivity contribution in [2.24, 2.45) is 0 Å². The Morgan fingerprint density at radius 1 is 1.56 bits per heavy atom. The van der Waals surface area contributed by atoms with Gasteiger partial charge in [-0.1, -0.05) is 0 Å². The van der Waals surface area contributed by atoms with Gasteiger partial charge in [-0.2, -0.15) is 15.2 Å². The topological polar surface area (TPSA) is 93.5 Å². The van der Waals surface area contributed by atoms with Crippen molar-refractivity contribution in [3.05, 3.63) is 6.33 Å². The average Bonchev–Trinajstić information content (AvgIpc) is 2.84. The van der Waals surface area contributed by atoms with E-state index in [9.17, 15) is 0 Å². The van der Waals surface area contributed by atoms with Crippen LogP contribution >= 0.6 is 0 Å². The van der Waals surface area contributed by atoms with Crippen LogP contribution in [0.2, 0.25) is 0 Å². The summed E-state index contributed by atoms with van der Waals surface area (Å²) < 4.78 is 0. The van der Waals surface area contributed by atoms with Crippen molar-refractivity contribution in [1.29, 1.82) is 5.26 Å². The third-order valence-corrected chi connectivity index (χ3v) is 2.87. The molecule has 2 aromatic rings. The van der Waals surface area contributed by atoms with Crippen molar-refractivity contribution in [3.8, 4) is 6.07 Å². The van der Waals surface area contributed by atoms with E-state index in [4.69, 9.17) is 5.26 Å². The minimum absolute atomic E-state index is 0.0705. The fraction of sp³-hybridized carbons (Fsp3) is 0.455. The van der Waals surface area contributed by atoms with Crippen LogP contribution in [0.5, 0.6) is 0 Å². The number of nitrogens with one attached hydrogen (secondary N) is 2. The van der Waals surface area contributed by atoms with Gasteiger partial charge in [-0.15, -0.1) is 0 Å². The molecule has 7 nitrogen and oxygen atoms in total. The van der Waals surface area contributed by atoms with E-state index in [2.05, 4.69) is 31.3 Å². The van der Waals surface area contributed by atoms with Gasteiger partial charge in [0.1, 0.15) is 5.52 Å². The first-order valence-electron chi connectivity index (χ1n) is 5.66. The maximum absolute atomic E-state index is 8.76. The Hall–Kier alpha value is -2.36. The maximum Gasteiger partial charge on any atom is 0.226 e. The maximum atomic E-state index is 8.76.